The van der Waals surface area contributed by atoms with Crippen LogP contribution in [0.25, 0.3) is 0 Å². The Morgan fingerprint density at radius 3 is 2.61 bits per heavy atom. The summed E-state index contributed by atoms with van der Waals surface area (Å²) in [5.74, 6) is -1.27. The van der Waals surface area contributed by atoms with Crippen LogP contribution < -0.4 is 5.32 Å². The Morgan fingerprint density at radius 1 is 1.30 bits per heavy atom. The molecule has 1 aliphatic rings. The van der Waals surface area contributed by atoms with E-state index in [1.807, 2.05) is 0 Å². The molecular formula is C16H20N2O5. The lowest BCUT2D eigenvalue weighted by molar-refractivity contribution is -0.139. The minimum Gasteiger partial charge on any atom is -0.481 e. The molecule has 1 atom stereocenters. The number of rotatable bonds is 5. The zero-order chi connectivity index (χ0) is 16.8. The normalized spacial score (nSPS) is 17.6. The lowest BCUT2D eigenvalue weighted by Gasteiger charge is -2.34. The van der Waals surface area contributed by atoms with E-state index in [1.54, 1.807) is 29.2 Å². The summed E-state index contributed by atoms with van der Waals surface area (Å²) in [6.07, 6.45) is -0.133. The van der Waals surface area contributed by atoms with Gasteiger partial charge in [-0.15, -0.1) is 0 Å². The standard InChI is InChI=1S/C16H20N2O5/c1-11(19)17-9-12-2-4-13(5-3-12)16(22)18-6-7-23-10-14(18)8-15(20)21/h2-5,14H,6-10H2,1H3,(H,17,19)(H,20,21). The maximum Gasteiger partial charge on any atom is 0.305 e. The molecule has 1 unspecified atom stereocenters. The number of carbonyl (C=O) groups excluding carboxylic acids is 2. The second-order valence-electron chi connectivity index (χ2n) is 5.43. The molecule has 7 nitrogen and oxygen atoms in total. The van der Waals surface area contributed by atoms with Gasteiger partial charge in [-0.25, -0.2) is 0 Å². The molecule has 0 saturated carbocycles. The van der Waals surface area contributed by atoms with E-state index in [9.17, 15) is 14.4 Å². The van der Waals surface area contributed by atoms with Gasteiger partial charge in [0.15, 0.2) is 0 Å². The molecule has 1 saturated heterocycles. The van der Waals surface area contributed by atoms with Crippen molar-refractivity contribution in [3.8, 4) is 0 Å². The highest BCUT2D eigenvalue weighted by atomic mass is 16.5. The van der Waals surface area contributed by atoms with Crippen molar-refractivity contribution in [2.75, 3.05) is 19.8 Å². The fourth-order valence-electron chi connectivity index (χ4n) is 2.45. The van der Waals surface area contributed by atoms with Gasteiger partial charge in [0.05, 0.1) is 25.7 Å². The smallest absolute Gasteiger partial charge is 0.305 e. The van der Waals surface area contributed by atoms with Crippen LogP contribution in [0, 0.1) is 0 Å². The molecule has 0 bridgehead atoms. The van der Waals surface area contributed by atoms with Gasteiger partial charge in [0.1, 0.15) is 0 Å². The lowest BCUT2D eigenvalue weighted by atomic mass is 10.1. The maximum atomic E-state index is 12.6. The quantitative estimate of drug-likeness (QED) is 0.830. The second-order valence-corrected chi connectivity index (χ2v) is 5.43. The van der Waals surface area contributed by atoms with E-state index in [2.05, 4.69) is 5.32 Å². The molecular weight excluding hydrogens is 300 g/mol. The van der Waals surface area contributed by atoms with E-state index in [1.165, 1.54) is 6.92 Å². The van der Waals surface area contributed by atoms with E-state index in [4.69, 9.17) is 9.84 Å². The first-order chi connectivity index (χ1) is 11.0. The number of amides is 2. The number of nitrogens with zero attached hydrogens (tertiary/aromatic N) is 1. The van der Waals surface area contributed by atoms with Crippen molar-refractivity contribution in [1.82, 2.24) is 10.2 Å². The van der Waals surface area contributed by atoms with Crippen molar-refractivity contribution < 1.29 is 24.2 Å². The highest BCUT2D eigenvalue weighted by Crippen LogP contribution is 2.16. The Hall–Kier alpha value is -2.41. The zero-order valence-electron chi connectivity index (χ0n) is 12.9. The maximum absolute atomic E-state index is 12.6. The molecule has 7 heteroatoms. The van der Waals surface area contributed by atoms with Crippen molar-refractivity contribution in [3.05, 3.63) is 35.4 Å². The molecule has 1 heterocycles. The number of hydrogen-bond acceptors (Lipinski definition) is 4. The topological polar surface area (TPSA) is 95.9 Å². The van der Waals surface area contributed by atoms with Crippen LogP contribution in [0.1, 0.15) is 29.3 Å². The van der Waals surface area contributed by atoms with Crippen molar-refractivity contribution in [1.29, 1.82) is 0 Å². The average Bonchev–Trinajstić information content (AvgIpc) is 2.53. The number of carboxylic acids is 1. The van der Waals surface area contributed by atoms with Gasteiger partial charge in [-0.2, -0.15) is 0 Å². The van der Waals surface area contributed by atoms with E-state index in [0.29, 0.717) is 25.3 Å². The third-order valence-corrected chi connectivity index (χ3v) is 3.64. The third-order valence-electron chi connectivity index (χ3n) is 3.64. The van der Waals surface area contributed by atoms with Crippen LogP contribution in [-0.4, -0.2) is 53.6 Å². The fraction of sp³-hybridized carbons (Fsp3) is 0.438. The molecule has 1 aromatic carbocycles. The number of aliphatic carboxylic acids is 1. The molecule has 2 amide bonds. The molecule has 2 N–H and O–H groups in total. The molecule has 0 radical (unpaired) electrons. The summed E-state index contributed by atoms with van der Waals surface area (Å²) < 4.78 is 5.28. The summed E-state index contributed by atoms with van der Waals surface area (Å²) in [7, 11) is 0. The molecule has 0 spiro atoms. The summed E-state index contributed by atoms with van der Waals surface area (Å²) in [6, 6.07) is 6.47. The van der Waals surface area contributed by atoms with Gasteiger partial charge >= 0.3 is 5.97 Å². The van der Waals surface area contributed by atoms with Gasteiger partial charge in [-0.05, 0) is 17.7 Å². The van der Waals surface area contributed by atoms with Crippen LogP contribution in [0.5, 0.6) is 0 Å². The van der Waals surface area contributed by atoms with Crippen molar-refractivity contribution in [3.63, 3.8) is 0 Å². The Labute approximate surface area is 134 Å². The number of ether oxygens (including phenoxy) is 1. The Kier molecular flexibility index (Phi) is 5.70. The number of hydrogen-bond donors (Lipinski definition) is 2. The van der Waals surface area contributed by atoms with Crippen LogP contribution >= 0.6 is 0 Å². The molecule has 0 aliphatic carbocycles. The summed E-state index contributed by atoms with van der Waals surface area (Å²) in [5.41, 5.74) is 1.38. The largest absolute Gasteiger partial charge is 0.481 e. The molecule has 0 aromatic heterocycles. The lowest BCUT2D eigenvalue weighted by Crippen LogP contribution is -2.49. The number of carboxylic acid groups (broad SMARTS) is 1. The summed E-state index contributed by atoms with van der Waals surface area (Å²) in [5, 5.41) is 11.6. The van der Waals surface area contributed by atoms with Gasteiger partial charge in [0.2, 0.25) is 5.91 Å². The molecule has 124 valence electrons. The Balaban J connectivity index is 2.05. The first kappa shape index (κ1) is 17.0. The van der Waals surface area contributed by atoms with Crippen LogP contribution in [0.4, 0.5) is 0 Å². The van der Waals surface area contributed by atoms with Gasteiger partial charge in [-0.3, -0.25) is 14.4 Å². The number of nitrogens with one attached hydrogen (secondary N) is 1. The van der Waals surface area contributed by atoms with E-state index in [0.717, 1.165) is 5.56 Å². The van der Waals surface area contributed by atoms with Crippen LogP contribution in [0.2, 0.25) is 0 Å². The van der Waals surface area contributed by atoms with Crippen molar-refractivity contribution >= 4 is 17.8 Å². The first-order valence-electron chi connectivity index (χ1n) is 7.41. The van der Waals surface area contributed by atoms with Gasteiger partial charge < -0.3 is 20.1 Å². The van der Waals surface area contributed by atoms with Crippen LogP contribution in [0.3, 0.4) is 0 Å². The van der Waals surface area contributed by atoms with Gasteiger partial charge in [0.25, 0.3) is 5.91 Å². The SMILES string of the molecule is CC(=O)NCc1ccc(C(=O)N2CCOCC2CC(=O)O)cc1. The first-order valence-corrected chi connectivity index (χ1v) is 7.41. The molecule has 1 aliphatic heterocycles. The minimum absolute atomic E-state index is 0.116. The number of morpholine rings is 1. The van der Waals surface area contributed by atoms with Crippen molar-refractivity contribution in [2.45, 2.75) is 25.9 Å². The third kappa shape index (κ3) is 4.79. The second kappa shape index (κ2) is 7.73. The number of benzene rings is 1. The molecule has 23 heavy (non-hydrogen) atoms. The highest BCUT2D eigenvalue weighted by Gasteiger charge is 2.29. The summed E-state index contributed by atoms with van der Waals surface area (Å²) in [4.78, 5) is 35.9. The van der Waals surface area contributed by atoms with Gasteiger partial charge in [-0.1, -0.05) is 12.1 Å². The monoisotopic (exact) mass is 320 g/mol. The zero-order valence-corrected chi connectivity index (χ0v) is 12.9. The van der Waals surface area contributed by atoms with Crippen LogP contribution in [0.15, 0.2) is 24.3 Å². The van der Waals surface area contributed by atoms with Crippen LogP contribution in [-0.2, 0) is 20.9 Å². The highest BCUT2D eigenvalue weighted by molar-refractivity contribution is 5.94. The predicted octanol–water partition coefficient (Wildman–Crippen LogP) is 0.638. The fourth-order valence-corrected chi connectivity index (χ4v) is 2.45. The molecule has 1 fully saturated rings. The minimum atomic E-state index is -0.955. The molecule has 1 aromatic rings. The van der Waals surface area contributed by atoms with Gasteiger partial charge in [0, 0.05) is 25.6 Å². The van der Waals surface area contributed by atoms with E-state index >= 15 is 0 Å². The predicted molar refractivity (Wildman–Crippen MR) is 81.9 cm³/mol. The average molecular weight is 320 g/mol. The van der Waals surface area contributed by atoms with Crippen molar-refractivity contribution in [2.24, 2.45) is 0 Å². The summed E-state index contributed by atoms with van der Waals surface area (Å²) in [6.45, 7) is 2.87. The Morgan fingerprint density at radius 2 is 2.00 bits per heavy atom. The number of carbonyl (C=O) groups is 3. The molecule has 2 rings (SSSR count). The Bertz CT molecular complexity index is 585. The van der Waals surface area contributed by atoms with E-state index in [-0.39, 0.29) is 24.8 Å². The van der Waals surface area contributed by atoms with E-state index < -0.39 is 12.0 Å². The summed E-state index contributed by atoms with van der Waals surface area (Å²) >= 11 is 0.